The van der Waals surface area contributed by atoms with E-state index in [2.05, 4.69) is 144 Å². The maximum Gasteiger partial charge on any atom is 0.122 e. The van der Waals surface area contributed by atoms with Crippen LogP contribution in [0.3, 0.4) is 0 Å². The molecule has 4 nitrogen and oxygen atoms in total. The summed E-state index contributed by atoms with van der Waals surface area (Å²) in [5.74, 6) is 0. The first-order chi connectivity index (χ1) is 22.8. The second kappa shape index (κ2) is 10.7. The Hall–Kier alpha value is -6.26. The van der Waals surface area contributed by atoms with Gasteiger partial charge in [0.15, 0.2) is 0 Å². The van der Waals surface area contributed by atoms with Crippen LogP contribution in [0.4, 0.5) is 17.1 Å². The van der Waals surface area contributed by atoms with Gasteiger partial charge in [0.2, 0.25) is 0 Å². The van der Waals surface area contributed by atoms with Crippen molar-refractivity contribution in [2.45, 2.75) is 0 Å². The van der Waals surface area contributed by atoms with Crippen molar-refractivity contribution in [3.63, 3.8) is 0 Å². The Balaban J connectivity index is 1.15. The van der Waals surface area contributed by atoms with Crippen molar-refractivity contribution < 1.29 is 0 Å². The van der Waals surface area contributed by atoms with Crippen molar-refractivity contribution in [1.29, 1.82) is 0 Å². The average molecular weight is 589 g/mol. The van der Waals surface area contributed by atoms with E-state index in [0.29, 0.717) is 0 Å². The highest BCUT2D eigenvalue weighted by molar-refractivity contribution is 6.18. The lowest BCUT2D eigenvalue weighted by Crippen LogP contribution is -2.09. The minimum Gasteiger partial charge on any atom is -0.310 e. The van der Waals surface area contributed by atoms with Crippen LogP contribution in [-0.4, -0.2) is 15.0 Å². The predicted molar refractivity (Wildman–Crippen MR) is 192 cm³/mol. The fourth-order valence-corrected chi connectivity index (χ4v) is 6.53. The molecule has 0 aliphatic carbocycles. The third-order valence-electron chi connectivity index (χ3n) is 8.80. The number of nitrogens with zero attached hydrogens (tertiary/aromatic N) is 4. The molecular formula is C42H28N4. The first kappa shape index (κ1) is 26.2. The lowest BCUT2D eigenvalue weighted by atomic mass is 9.99. The Labute approximate surface area is 266 Å². The summed E-state index contributed by atoms with van der Waals surface area (Å²) in [6.45, 7) is 0. The molecule has 0 amide bonds. The van der Waals surface area contributed by atoms with Gasteiger partial charge >= 0.3 is 0 Å². The summed E-state index contributed by atoms with van der Waals surface area (Å²) < 4.78 is 0. The molecule has 1 aromatic heterocycles. The lowest BCUT2D eigenvalue weighted by Gasteiger charge is -2.26. The van der Waals surface area contributed by atoms with Crippen LogP contribution in [0.5, 0.6) is 0 Å². The summed E-state index contributed by atoms with van der Waals surface area (Å²) in [4.78, 5) is 4.05. The van der Waals surface area contributed by atoms with Gasteiger partial charge < -0.3 is 4.90 Å². The average Bonchev–Trinajstić information content (AvgIpc) is 3.57. The van der Waals surface area contributed by atoms with Gasteiger partial charge in [-0.1, -0.05) is 109 Å². The van der Waals surface area contributed by atoms with Gasteiger partial charge in [0.1, 0.15) is 11.0 Å². The van der Waals surface area contributed by atoms with E-state index in [-0.39, 0.29) is 0 Å². The second-order valence-corrected chi connectivity index (χ2v) is 11.6. The zero-order chi connectivity index (χ0) is 30.5. The first-order valence-corrected chi connectivity index (χ1v) is 15.5. The monoisotopic (exact) mass is 588 g/mol. The van der Waals surface area contributed by atoms with Crippen LogP contribution in [0.15, 0.2) is 170 Å². The molecule has 0 bridgehead atoms. The summed E-state index contributed by atoms with van der Waals surface area (Å²) in [7, 11) is 0. The van der Waals surface area contributed by atoms with Gasteiger partial charge in [-0.15, -0.1) is 10.2 Å². The zero-order valence-electron chi connectivity index (χ0n) is 25.0. The summed E-state index contributed by atoms with van der Waals surface area (Å²) in [6, 6.07) is 60.0. The maximum atomic E-state index is 4.96. The Kier molecular flexibility index (Phi) is 6.10. The van der Waals surface area contributed by atoms with Crippen LogP contribution in [0.1, 0.15) is 0 Å². The van der Waals surface area contributed by atoms with Crippen molar-refractivity contribution in [3.05, 3.63) is 170 Å². The van der Waals surface area contributed by atoms with E-state index in [1.165, 1.54) is 21.9 Å². The largest absolute Gasteiger partial charge is 0.310 e. The summed E-state index contributed by atoms with van der Waals surface area (Å²) >= 11 is 0. The quantitative estimate of drug-likeness (QED) is 0.188. The number of benzene rings is 8. The Morgan fingerprint density at radius 3 is 1.87 bits per heavy atom. The van der Waals surface area contributed by atoms with Gasteiger partial charge in [-0.05, 0) is 98.7 Å². The van der Waals surface area contributed by atoms with Crippen LogP contribution in [0.25, 0.3) is 60.2 Å². The minimum atomic E-state index is 0.880. The molecule has 8 aromatic carbocycles. The van der Waals surface area contributed by atoms with Crippen molar-refractivity contribution in [3.8, 4) is 16.8 Å². The molecule has 1 heterocycles. The molecule has 0 saturated carbocycles. The van der Waals surface area contributed by atoms with Crippen LogP contribution in [-0.2, 0) is 0 Å². The third kappa shape index (κ3) is 4.47. The smallest absolute Gasteiger partial charge is 0.122 e. The molecule has 0 spiro atoms. The number of hydrogen-bond donors (Lipinski definition) is 0. The molecule has 0 saturated heterocycles. The van der Waals surface area contributed by atoms with Gasteiger partial charge in [0.05, 0.1) is 5.69 Å². The number of aromatic nitrogens is 3. The van der Waals surface area contributed by atoms with Crippen LogP contribution < -0.4 is 4.90 Å². The zero-order valence-corrected chi connectivity index (χ0v) is 25.0. The van der Waals surface area contributed by atoms with Crippen molar-refractivity contribution in [1.82, 2.24) is 15.0 Å². The molecular weight excluding hydrogens is 560 g/mol. The van der Waals surface area contributed by atoms with Gasteiger partial charge in [0.25, 0.3) is 0 Å². The van der Waals surface area contributed by atoms with Crippen LogP contribution in [0, 0.1) is 0 Å². The van der Waals surface area contributed by atoms with Crippen molar-refractivity contribution in [2.75, 3.05) is 4.90 Å². The molecule has 0 aliphatic heterocycles. The number of fused-ring (bicyclic) bond motifs is 6. The van der Waals surface area contributed by atoms with E-state index in [1.807, 2.05) is 30.3 Å². The highest BCUT2D eigenvalue weighted by Crippen LogP contribution is 2.39. The molecule has 0 radical (unpaired) electrons. The van der Waals surface area contributed by atoms with Gasteiger partial charge in [0, 0.05) is 22.4 Å². The van der Waals surface area contributed by atoms with E-state index in [0.717, 1.165) is 55.3 Å². The maximum absolute atomic E-state index is 4.96. The van der Waals surface area contributed by atoms with Crippen molar-refractivity contribution in [2.24, 2.45) is 0 Å². The highest BCUT2D eigenvalue weighted by atomic mass is 15.5. The molecule has 9 rings (SSSR count). The Bertz CT molecular complexity index is 2520. The molecule has 0 aliphatic rings. The summed E-state index contributed by atoms with van der Waals surface area (Å²) in [5.41, 5.74) is 8.44. The minimum absolute atomic E-state index is 0.880. The molecule has 0 fully saturated rings. The molecule has 46 heavy (non-hydrogen) atoms. The standard InChI is InChI=1S/C42H28N4/c1-3-11-35(12-4-1)45(36-22-19-30(20-23-36)33-17-15-29-9-7-8-10-32(29)27-33)38-24-25-39-34(28-38)18-16-31-21-26-40-42(41(31)39)44-46(43-40)37-13-5-2-6-14-37/h1-28H. The van der Waals surface area contributed by atoms with Gasteiger partial charge in [-0.3, -0.25) is 0 Å². The van der Waals surface area contributed by atoms with Gasteiger partial charge in [-0.25, -0.2) is 0 Å². The fraction of sp³-hybridized carbons (Fsp3) is 0. The Morgan fingerprint density at radius 2 is 1.04 bits per heavy atom. The molecule has 0 N–H and O–H groups in total. The van der Waals surface area contributed by atoms with E-state index in [4.69, 9.17) is 10.2 Å². The first-order valence-electron chi connectivity index (χ1n) is 15.5. The van der Waals surface area contributed by atoms with Crippen molar-refractivity contribution >= 4 is 60.4 Å². The number of anilines is 3. The van der Waals surface area contributed by atoms with Crippen LogP contribution in [0.2, 0.25) is 0 Å². The molecule has 4 heteroatoms. The third-order valence-corrected chi connectivity index (χ3v) is 8.80. The van der Waals surface area contributed by atoms with E-state index >= 15 is 0 Å². The number of hydrogen-bond acceptors (Lipinski definition) is 3. The molecule has 9 aromatic rings. The normalized spacial score (nSPS) is 11.5. The van der Waals surface area contributed by atoms with Gasteiger partial charge in [-0.2, -0.15) is 4.80 Å². The van der Waals surface area contributed by atoms with E-state index in [1.54, 1.807) is 4.80 Å². The fourth-order valence-electron chi connectivity index (χ4n) is 6.53. The molecule has 0 unspecified atom stereocenters. The predicted octanol–water partition coefficient (Wildman–Crippen LogP) is 11.0. The lowest BCUT2D eigenvalue weighted by molar-refractivity contribution is 0.766. The topological polar surface area (TPSA) is 34.0 Å². The number of para-hydroxylation sites is 2. The second-order valence-electron chi connectivity index (χ2n) is 11.6. The summed E-state index contributed by atoms with van der Waals surface area (Å²) in [5, 5.41) is 16.8. The SMILES string of the molecule is c1ccc(N(c2ccc(-c3ccc4ccccc4c3)cc2)c2ccc3c(ccc4ccc5nn(-c6ccccc6)nc5c43)c2)cc1. The van der Waals surface area contributed by atoms with E-state index < -0.39 is 0 Å². The number of rotatable bonds is 5. The van der Waals surface area contributed by atoms with E-state index in [9.17, 15) is 0 Å². The molecule has 0 atom stereocenters. The highest BCUT2D eigenvalue weighted by Gasteiger charge is 2.16. The summed E-state index contributed by atoms with van der Waals surface area (Å²) in [6.07, 6.45) is 0. The van der Waals surface area contributed by atoms with Crippen LogP contribution >= 0.6 is 0 Å². The molecule has 216 valence electrons. The Morgan fingerprint density at radius 1 is 0.413 bits per heavy atom.